The average molecular weight is 301 g/mol. The van der Waals surface area contributed by atoms with Gasteiger partial charge in [-0.25, -0.2) is 4.79 Å². The number of ether oxygens (including phenoxy) is 1. The van der Waals surface area contributed by atoms with Gasteiger partial charge in [-0.2, -0.15) is 0 Å². The lowest BCUT2D eigenvalue weighted by Crippen LogP contribution is -2.53. The molecule has 0 amide bonds. The van der Waals surface area contributed by atoms with Crippen LogP contribution < -0.4 is 0 Å². The molecule has 2 heterocycles. The normalized spacial score (nSPS) is 31.0. The summed E-state index contributed by atoms with van der Waals surface area (Å²) in [5.41, 5.74) is 0.552. The lowest BCUT2D eigenvalue weighted by Gasteiger charge is -2.41. The zero-order valence-electron chi connectivity index (χ0n) is 13.2. The number of carbonyl (C=O) groups excluding carboxylic acids is 2. The van der Waals surface area contributed by atoms with Crippen LogP contribution in [0.5, 0.6) is 0 Å². The minimum atomic E-state index is -0.316. The first-order valence-corrected chi connectivity index (χ1v) is 8.12. The van der Waals surface area contributed by atoms with Gasteiger partial charge in [-0.05, 0) is 32.0 Å². The smallest absolute Gasteiger partial charge is 0.338 e. The van der Waals surface area contributed by atoms with Gasteiger partial charge >= 0.3 is 5.97 Å². The van der Waals surface area contributed by atoms with Gasteiger partial charge in [-0.15, -0.1) is 0 Å². The van der Waals surface area contributed by atoms with Crippen molar-refractivity contribution in [3.05, 3.63) is 35.9 Å². The highest BCUT2D eigenvalue weighted by atomic mass is 16.5. The Morgan fingerprint density at radius 1 is 1.23 bits per heavy atom. The molecule has 2 fully saturated rings. The van der Waals surface area contributed by atoms with Crippen LogP contribution >= 0.6 is 0 Å². The first-order valence-electron chi connectivity index (χ1n) is 8.12. The molecular weight excluding hydrogens is 278 g/mol. The fourth-order valence-electron chi connectivity index (χ4n) is 3.98. The number of hydrogen-bond acceptors (Lipinski definition) is 4. The zero-order valence-corrected chi connectivity index (χ0v) is 13.2. The van der Waals surface area contributed by atoms with Gasteiger partial charge in [0, 0.05) is 24.9 Å². The van der Waals surface area contributed by atoms with Crippen molar-refractivity contribution < 1.29 is 14.3 Å². The van der Waals surface area contributed by atoms with Crippen LogP contribution in [0.1, 0.15) is 43.0 Å². The number of carbonyl (C=O) groups is 2. The lowest BCUT2D eigenvalue weighted by atomic mass is 9.83. The van der Waals surface area contributed by atoms with E-state index in [0.717, 1.165) is 19.3 Å². The van der Waals surface area contributed by atoms with Crippen LogP contribution in [-0.2, 0) is 9.53 Å². The summed E-state index contributed by atoms with van der Waals surface area (Å²) in [4.78, 5) is 27.1. The fraction of sp³-hybridized carbons (Fsp3) is 0.556. The van der Waals surface area contributed by atoms with Gasteiger partial charge in [-0.1, -0.05) is 25.1 Å². The largest absolute Gasteiger partial charge is 0.458 e. The summed E-state index contributed by atoms with van der Waals surface area (Å²) in [6.45, 7) is 1.89. The molecule has 2 unspecified atom stereocenters. The second kappa shape index (κ2) is 6.21. The van der Waals surface area contributed by atoms with Crippen molar-refractivity contribution in [2.75, 3.05) is 7.05 Å². The molecule has 3 rings (SSSR count). The number of piperidine rings is 1. The predicted molar refractivity (Wildman–Crippen MR) is 83.6 cm³/mol. The highest BCUT2D eigenvalue weighted by molar-refractivity contribution is 5.90. The number of fused-ring (bicyclic) bond motifs is 2. The number of ketones is 1. The van der Waals surface area contributed by atoms with E-state index in [1.807, 2.05) is 25.1 Å². The number of benzene rings is 1. The summed E-state index contributed by atoms with van der Waals surface area (Å²) in [6.07, 6.45) is 3.10. The molecule has 1 aromatic carbocycles. The monoisotopic (exact) mass is 301 g/mol. The van der Waals surface area contributed by atoms with Crippen molar-refractivity contribution >= 4 is 11.8 Å². The Balaban J connectivity index is 1.79. The van der Waals surface area contributed by atoms with Crippen molar-refractivity contribution in [3.63, 3.8) is 0 Å². The SMILES string of the molecule is CCC(=O)[C@@H]1C2CCC(C[C@@H]1OC(=O)c1ccccc1)N2C. The Hall–Kier alpha value is -1.68. The highest BCUT2D eigenvalue weighted by Gasteiger charge is 2.49. The van der Waals surface area contributed by atoms with Crippen LogP contribution in [0.2, 0.25) is 0 Å². The summed E-state index contributed by atoms with van der Waals surface area (Å²) in [7, 11) is 2.09. The quantitative estimate of drug-likeness (QED) is 0.802. The molecule has 2 aliphatic rings. The van der Waals surface area contributed by atoms with Gasteiger partial charge in [0.15, 0.2) is 0 Å². The number of rotatable bonds is 4. The third kappa shape index (κ3) is 2.68. The Kier molecular flexibility index (Phi) is 4.30. The van der Waals surface area contributed by atoms with Crippen LogP contribution in [0.15, 0.2) is 30.3 Å². The van der Waals surface area contributed by atoms with Gasteiger partial charge in [0.25, 0.3) is 0 Å². The Morgan fingerprint density at radius 3 is 2.64 bits per heavy atom. The van der Waals surface area contributed by atoms with Gasteiger partial charge in [0.2, 0.25) is 0 Å². The topological polar surface area (TPSA) is 46.6 Å². The van der Waals surface area contributed by atoms with Crippen LogP contribution in [0.25, 0.3) is 0 Å². The molecule has 0 N–H and O–H groups in total. The third-order valence-electron chi connectivity index (χ3n) is 5.20. The molecule has 0 saturated carbocycles. The van der Waals surface area contributed by atoms with Gasteiger partial charge in [0.05, 0.1) is 11.5 Å². The fourth-order valence-corrected chi connectivity index (χ4v) is 3.98. The molecule has 2 bridgehead atoms. The molecule has 2 saturated heterocycles. The maximum Gasteiger partial charge on any atom is 0.338 e. The van der Waals surface area contributed by atoms with Crippen LogP contribution in [0.4, 0.5) is 0 Å². The molecule has 0 aliphatic carbocycles. The molecule has 2 aliphatic heterocycles. The van der Waals surface area contributed by atoms with E-state index < -0.39 is 0 Å². The molecule has 4 atom stereocenters. The van der Waals surface area contributed by atoms with E-state index in [4.69, 9.17) is 4.74 Å². The van der Waals surface area contributed by atoms with Crippen molar-refractivity contribution in [2.24, 2.45) is 5.92 Å². The highest BCUT2D eigenvalue weighted by Crippen LogP contribution is 2.40. The molecular formula is C18H23NO3. The number of nitrogens with zero attached hydrogens (tertiary/aromatic N) is 1. The zero-order chi connectivity index (χ0) is 15.7. The van der Waals surface area contributed by atoms with Crippen LogP contribution in [0, 0.1) is 5.92 Å². The molecule has 1 aromatic rings. The molecule has 4 heteroatoms. The predicted octanol–water partition coefficient (Wildman–Crippen LogP) is 2.67. The Morgan fingerprint density at radius 2 is 1.95 bits per heavy atom. The van der Waals surface area contributed by atoms with Gasteiger partial charge < -0.3 is 4.74 Å². The van der Waals surface area contributed by atoms with E-state index in [2.05, 4.69) is 11.9 Å². The number of hydrogen-bond donors (Lipinski definition) is 0. The van der Waals surface area contributed by atoms with Crippen molar-refractivity contribution in [1.82, 2.24) is 4.90 Å². The van der Waals surface area contributed by atoms with E-state index in [-0.39, 0.29) is 29.8 Å². The minimum absolute atomic E-state index is 0.179. The third-order valence-corrected chi connectivity index (χ3v) is 5.20. The molecule has 22 heavy (non-hydrogen) atoms. The first-order chi connectivity index (χ1) is 10.6. The van der Waals surface area contributed by atoms with Gasteiger partial charge in [-0.3, -0.25) is 9.69 Å². The van der Waals surface area contributed by atoms with Crippen LogP contribution in [-0.4, -0.2) is 41.9 Å². The van der Waals surface area contributed by atoms with Crippen molar-refractivity contribution in [2.45, 2.75) is 50.8 Å². The molecule has 0 radical (unpaired) electrons. The maximum atomic E-state index is 12.4. The summed E-state index contributed by atoms with van der Waals surface area (Å²) in [6, 6.07) is 9.67. The molecule has 118 valence electrons. The second-order valence-corrected chi connectivity index (χ2v) is 6.36. The van der Waals surface area contributed by atoms with Crippen molar-refractivity contribution in [1.29, 1.82) is 0 Å². The number of esters is 1. The van der Waals surface area contributed by atoms with E-state index in [1.54, 1.807) is 12.1 Å². The first kappa shape index (κ1) is 15.2. The maximum absolute atomic E-state index is 12.4. The van der Waals surface area contributed by atoms with E-state index in [1.165, 1.54) is 0 Å². The molecule has 0 aromatic heterocycles. The Labute approximate surface area is 131 Å². The number of Topliss-reactive ketones (excluding diaryl/α,β-unsaturated/α-hetero) is 1. The molecule has 0 spiro atoms. The lowest BCUT2D eigenvalue weighted by molar-refractivity contribution is -0.132. The van der Waals surface area contributed by atoms with E-state index in [9.17, 15) is 9.59 Å². The summed E-state index contributed by atoms with van der Waals surface area (Å²) >= 11 is 0. The average Bonchev–Trinajstić information content (AvgIpc) is 2.78. The standard InChI is InChI=1S/C18H23NO3/c1-3-15(20)17-14-10-9-13(19(14)2)11-16(17)22-18(21)12-7-5-4-6-8-12/h4-8,13-14,16-17H,3,9-11H2,1-2H3/t13?,14?,16-,17-/m0/s1. The molecule has 4 nitrogen and oxygen atoms in total. The summed E-state index contributed by atoms with van der Waals surface area (Å²) in [5.74, 6) is -0.284. The summed E-state index contributed by atoms with van der Waals surface area (Å²) < 4.78 is 5.76. The summed E-state index contributed by atoms with van der Waals surface area (Å²) in [5, 5.41) is 0. The van der Waals surface area contributed by atoms with Crippen LogP contribution in [0.3, 0.4) is 0 Å². The second-order valence-electron chi connectivity index (χ2n) is 6.36. The Bertz CT molecular complexity index is 557. The van der Waals surface area contributed by atoms with Gasteiger partial charge in [0.1, 0.15) is 11.9 Å². The van der Waals surface area contributed by atoms with E-state index in [0.29, 0.717) is 18.0 Å². The minimum Gasteiger partial charge on any atom is -0.458 e. The van der Waals surface area contributed by atoms with Crippen molar-refractivity contribution in [3.8, 4) is 0 Å². The van der Waals surface area contributed by atoms with E-state index >= 15 is 0 Å².